The standard InChI is InChI=1S/C6H8N4S/c1-3-4-5-11-6-7-8-9-10(6)2/h1H,4-5H2,2H3. The molecule has 1 heterocycles. The molecule has 1 aromatic heterocycles. The third kappa shape index (κ3) is 2.24. The number of hydrogen-bond donors (Lipinski definition) is 0. The van der Waals surface area contributed by atoms with Crippen molar-refractivity contribution in [3.63, 3.8) is 0 Å². The summed E-state index contributed by atoms with van der Waals surface area (Å²) in [4.78, 5) is 0. The molecule has 0 atom stereocenters. The van der Waals surface area contributed by atoms with Gasteiger partial charge in [-0.3, -0.25) is 0 Å². The summed E-state index contributed by atoms with van der Waals surface area (Å²) in [5.74, 6) is 3.42. The topological polar surface area (TPSA) is 43.6 Å². The van der Waals surface area contributed by atoms with Gasteiger partial charge in [0.15, 0.2) is 0 Å². The van der Waals surface area contributed by atoms with Crippen LogP contribution in [0.5, 0.6) is 0 Å². The van der Waals surface area contributed by atoms with Gasteiger partial charge in [-0.05, 0) is 10.4 Å². The van der Waals surface area contributed by atoms with E-state index in [2.05, 4.69) is 21.4 Å². The molecule has 0 fully saturated rings. The van der Waals surface area contributed by atoms with E-state index in [1.54, 1.807) is 23.5 Å². The fourth-order valence-electron chi connectivity index (χ4n) is 0.545. The quantitative estimate of drug-likeness (QED) is 0.370. The first-order valence-electron chi connectivity index (χ1n) is 3.13. The number of tetrazole rings is 1. The molecule has 58 valence electrons. The maximum atomic E-state index is 5.08. The van der Waals surface area contributed by atoms with E-state index >= 15 is 0 Å². The lowest BCUT2D eigenvalue weighted by Crippen LogP contribution is -1.93. The Labute approximate surface area is 69.4 Å². The van der Waals surface area contributed by atoms with Gasteiger partial charge in [0.05, 0.1) is 0 Å². The highest BCUT2D eigenvalue weighted by atomic mass is 32.2. The van der Waals surface area contributed by atoms with Gasteiger partial charge in [0.2, 0.25) is 5.16 Å². The minimum Gasteiger partial charge on any atom is -0.224 e. The van der Waals surface area contributed by atoms with Gasteiger partial charge in [0, 0.05) is 19.2 Å². The maximum absolute atomic E-state index is 5.08. The first-order valence-corrected chi connectivity index (χ1v) is 4.12. The third-order valence-corrected chi connectivity index (χ3v) is 2.07. The SMILES string of the molecule is C#CCCSc1nnnn1C. The Morgan fingerprint density at radius 3 is 3.09 bits per heavy atom. The van der Waals surface area contributed by atoms with Crippen molar-refractivity contribution in [2.45, 2.75) is 11.6 Å². The molecule has 11 heavy (non-hydrogen) atoms. The number of nitrogens with zero attached hydrogens (tertiary/aromatic N) is 4. The molecule has 0 aromatic carbocycles. The van der Waals surface area contributed by atoms with E-state index < -0.39 is 0 Å². The van der Waals surface area contributed by atoms with Crippen LogP contribution in [0.2, 0.25) is 0 Å². The second kappa shape index (κ2) is 3.98. The minimum absolute atomic E-state index is 0.748. The Balaban J connectivity index is 2.40. The van der Waals surface area contributed by atoms with Crippen LogP contribution in [0.3, 0.4) is 0 Å². The van der Waals surface area contributed by atoms with Gasteiger partial charge in [-0.2, -0.15) is 0 Å². The van der Waals surface area contributed by atoms with Gasteiger partial charge in [-0.25, -0.2) is 4.68 Å². The Morgan fingerprint density at radius 1 is 1.73 bits per heavy atom. The van der Waals surface area contributed by atoms with E-state index in [0.29, 0.717) is 0 Å². The molecule has 1 aromatic rings. The summed E-state index contributed by atoms with van der Waals surface area (Å²) < 4.78 is 1.63. The molecular weight excluding hydrogens is 160 g/mol. The van der Waals surface area contributed by atoms with E-state index in [4.69, 9.17) is 6.42 Å². The first kappa shape index (κ1) is 8.08. The van der Waals surface area contributed by atoms with Crippen molar-refractivity contribution in [3.05, 3.63) is 0 Å². The highest BCUT2D eigenvalue weighted by Crippen LogP contribution is 2.12. The Bertz CT molecular complexity index is 262. The summed E-state index contributed by atoms with van der Waals surface area (Å²) in [5.41, 5.74) is 0. The predicted molar refractivity (Wildman–Crippen MR) is 43.0 cm³/mol. The number of terminal acetylenes is 1. The van der Waals surface area contributed by atoms with Gasteiger partial charge >= 0.3 is 0 Å². The molecule has 0 unspecified atom stereocenters. The van der Waals surface area contributed by atoms with Crippen LogP contribution in [0.1, 0.15) is 6.42 Å². The maximum Gasteiger partial charge on any atom is 0.209 e. The fourth-order valence-corrected chi connectivity index (χ4v) is 1.26. The molecule has 5 heteroatoms. The van der Waals surface area contributed by atoms with Gasteiger partial charge in [0.25, 0.3) is 0 Å². The molecule has 0 saturated heterocycles. The normalized spacial score (nSPS) is 9.45. The Kier molecular flexibility index (Phi) is 2.93. The molecule has 0 saturated carbocycles. The Morgan fingerprint density at radius 2 is 2.55 bits per heavy atom. The summed E-state index contributed by atoms with van der Waals surface area (Å²) in [6, 6.07) is 0. The van der Waals surface area contributed by atoms with Crippen molar-refractivity contribution in [3.8, 4) is 12.3 Å². The highest BCUT2D eigenvalue weighted by molar-refractivity contribution is 7.99. The van der Waals surface area contributed by atoms with Crippen LogP contribution in [0.25, 0.3) is 0 Å². The molecule has 0 bridgehead atoms. The average Bonchev–Trinajstić information content (AvgIpc) is 2.37. The van der Waals surface area contributed by atoms with Crippen molar-refractivity contribution < 1.29 is 0 Å². The van der Waals surface area contributed by atoms with Gasteiger partial charge < -0.3 is 0 Å². The summed E-state index contributed by atoms with van der Waals surface area (Å²) in [6.45, 7) is 0. The number of aryl methyl sites for hydroxylation is 1. The molecule has 0 aliphatic carbocycles. The zero-order chi connectivity index (χ0) is 8.10. The summed E-state index contributed by atoms with van der Waals surface area (Å²) in [5, 5.41) is 11.8. The van der Waals surface area contributed by atoms with E-state index in [1.165, 1.54) is 0 Å². The number of aromatic nitrogens is 4. The van der Waals surface area contributed by atoms with Gasteiger partial charge in [0.1, 0.15) is 0 Å². The van der Waals surface area contributed by atoms with Crippen molar-refractivity contribution in [1.29, 1.82) is 0 Å². The molecule has 1 rings (SSSR count). The molecule has 0 amide bonds. The highest BCUT2D eigenvalue weighted by Gasteiger charge is 1.99. The summed E-state index contributed by atoms with van der Waals surface area (Å²) in [6.07, 6.45) is 5.83. The first-order chi connectivity index (χ1) is 5.34. The van der Waals surface area contributed by atoms with Crippen LogP contribution in [0, 0.1) is 12.3 Å². The average molecular weight is 168 g/mol. The van der Waals surface area contributed by atoms with E-state index in [0.717, 1.165) is 17.3 Å². The third-order valence-electron chi connectivity index (χ3n) is 1.06. The monoisotopic (exact) mass is 168 g/mol. The smallest absolute Gasteiger partial charge is 0.209 e. The fraction of sp³-hybridized carbons (Fsp3) is 0.500. The number of hydrogen-bond acceptors (Lipinski definition) is 4. The van der Waals surface area contributed by atoms with Gasteiger partial charge in [-0.15, -0.1) is 17.4 Å². The van der Waals surface area contributed by atoms with E-state index in [-0.39, 0.29) is 0 Å². The molecule has 0 radical (unpaired) electrons. The summed E-state index contributed by atoms with van der Waals surface area (Å²) >= 11 is 1.56. The zero-order valence-electron chi connectivity index (χ0n) is 6.19. The van der Waals surface area contributed by atoms with Crippen molar-refractivity contribution in [2.24, 2.45) is 7.05 Å². The molecule has 0 N–H and O–H groups in total. The van der Waals surface area contributed by atoms with E-state index in [1.807, 2.05) is 0 Å². The van der Waals surface area contributed by atoms with Crippen molar-refractivity contribution >= 4 is 11.8 Å². The van der Waals surface area contributed by atoms with Crippen LogP contribution in [0.15, 0.2) is 5.16 Å². The van der Waals surface area contributed by atoms with Crippen LogP contribution in [-0.4, -0.2) is 26.0 Å². The lowest BCUT2D eigenvalue weighted by Gasteiger charge is -1.93. The van der Waals surface area contributed by atoms with Crippen LogP contribution in [-0.2, 0) is 7.05 Å². The van der Waals surface area contributed by atoms with Crippen molar-refractivity contribution in [1.82, 2.24) is 20.2 Å². The van der Waals surface area contributed by atoms with Crippen molar-refractivity contribution in [2.75, 3.05) is 5.75 Å². The number of rotatable bonds is 3. The Hall–Kier alpha value is -1.02. The largest absolute Gasteiger partial charge is 0.224 e. The van der Waals surface area contributed by atoms with Crippen LogP contribution in [0.4, 0.5) is 0 Å². The summed E-state index contributed by atoms with van der Waals surface area (Å²) in [7, 11) is 1.80. The zero-order valence-corrected chi connectivity index (χ0v) is 7.01. The molecular formula is C6H8N4S. The molecule has 4 nitrogen and oxygen atoms in total. The number of thioether (sulfide) groups is 1. The lowest BCUT2D eigenvalue weighted by molar-refractivity contribution is 0.664. The van der Waals surface area contributed by atoms with Crippen LogP contribution < -0.4 is 0 Å². The van der Waals surface area contributed by atoms with E-state index in [9.17, 15) is 0 Å². The minimum atomic E-state index is 0.748. The molecule has 0 aliphatic rings. The second-order valence-corrected chi connectivity index (χ2v) is 2.95. The lowest BCUT2D eigenvalue weighted by atomic mass is 10.5. The van der Waals surface area contributed by atoms with Gasteiger partial charge in [-0.1, -0.05) is 11.8 Å². The second-order valence-electron chi connectivity index (χ2n) is 1.89. The predicted octanol–water partition coefficient (Wildman–Crippen LogP) is 0.326. The molecule has 0 aliphatic heterocycles. The molecule has 0 spiro atoms. The van der Waals surface area contributed by atoms with Crippen LogP contribution >= 0.6 is 11.8 Å².